The van der Waals surface area contributed by atoms with Crippen molar-refractivity contribution in [1.82, 2.24) is 0 Å². The highest BCUT2D eigenvalue weighted by molar-refractivity contribution is 7.93. The Morgan fingerprint density at radius 3 is 2.39 bits per heavy atom. The van der Waals surface area contributed by atoms with E-state index in [0.29, 0.717) is 16.9 Å². The van der Waals surface area contributed by atoms with Crippen LogP contribution in [0.25, 0.3) is 11.1 Å². The standard InChI is InChI=1S/C15H14F3NO3S/c1-10-6-7-14(19-23(20,21)15(16,17)18)13(8-10)11-4-3-5-12(9-11)22-2/h3-9,19H,1-2H3. The number of alkyl halides is 3. The van der Waals surface area contributed by atoms with E-state index in [9.17, 15) is 21.6 Å². The summed E-state index contributed by atoms with van der Waals surface area (Å²) in [5.74, 6) is 0.508. The number of hydrogen-bond acceptors (Lipinski definition) is 3. The van der Waals surface area contributed by atoms with Crippen LogP contribution in [0.1, 0.15) is 5.56 Å². The summed E-state index contributed by atoms with van der Waals surface area (Å²) < 4.78 is 67.1. The minimum Gasteiger partial charge on any atom is -0.497 e. The van der Waals surface area contributed by atoms with Gasteiger partial charge in [-0.2, -0.15) is 21.6 Å². The lowest BCUT2D eigenvalue weighted by Crippen LogP contribution is -2.30. The fourth-order valence-electron chi connectivity index (χ4n) is 1.98. The normalized spacial score (nSPS) is 12.0. The van der Waals surface area contributed by atoms with Crippen molar-refractivity contribution in [2.75, 3.05) is 11.8 Å². The van der Waals surface area contributed by atoms with Crippen LogP contribution in [0.4, 0.5) is 18.9 Å². The number of anilines is 1. The maximum atomic E-state index is 12.6. The van der Waals surface area contributed by atoms with E-state index in [0.717, 1.165) is 5.56 Å². The Bertz CT molecular complexity index is 817. The van der Waals surface area contributed by atoms with E-state index in [4.69, 9.17) is 4.74 Å². The quantitative estimate of drug-likeness (QED) is 0.913. The van der Waals surface area contributed by atoms with E-state index in [1.54, 1.807) is 42.0 Å². The molecule has 0 amide bonds. The van der Waals surface area contributed by atoms with Gasteiger partial charge in [-0.05, 0) is 36.8 Å². The number of sulfonamides is 1. The Morgan fingerprint density at radius 2 is 1.78 bits per heavy atom. The van der Waals surface area contributed by atoms with Gasteiger partial charge in [-0.3, -0.25) is 4.72 Å². The van der Waals surface area contributed by atoms with Crippen molar-refractivity contribution < 1.29 is 26.3 Å². The topological polar surface area (TPSA) is 55.4 Å². The van der Waals surface area contributed by atoms with Crippen LogP contribution in [0.2, 0.25) is 0 Å². The monoisotopic (exact) mass is 345 g/mol. The third-order valence-corrected chi connectivity index (χ3v) is 4.20. The van der Waals surface area contributed by atoms with Gasteiger partial charge in [0.2, 0.25) is 0 Å². The van der Waals surface area contributed by atoms with Gasteiger partial charge >= 0.3 is 15.5 Å². The van der Waals surface area contributed by atoms with E-state index >= 15 is 0 Å². The molecule has 0 saturated carbocycles. The zero-order valence-corrected chi connectivity index (χ0v) is 13.1. The van der Waals surface area contributed by atoms with Crippen LogP contribution < -0.4 is 9.46 Å². The molecule has 0 heterocycles. The lowest BCUT2D eigenvalue weighted by Gasteiger charge is -2.15. The van der Waals surface area contributed by atoms with Crippen LogP contribution in [0.15, 0.2) is 42.5 Å². The molecule has 124 valence electrons. The lowest BCUT2D eigenvalue weighted by molar-refractivity contribution is -0.0429. The minimum absolute atomic E-state index is 0.152. The summed E-state index contributed by atoms with van der Waals surface area (Å²) >= 11 is 0. The number of methoxy groups -OCH3 is 1. The zero-order chi connectivity index (χ0) is 17.3. The van der Waals surface area contributed by atoms with Crippen LogP contribution in [0.3, 0.4) is 0 Å². The first-order valence-electron chi connectivity index (χ1n) is 6.48. The molecule has 0 spiro atoms. The smallest absolute Gasteiger partial charge is 0.497 e. The molecule has 0 atom stereocenters. The number of ether oxygens (including phenoxy) is 1. The Hall–Kier alpha value is -2.22. The summed E-state index contributed by atoms with van der Waals surface area (Å²) in [6.07, 6.45) is 0. The SMILES string of the molecule is COc1cccc(-c2cc(C)ccc2NS(=O)(=O)C(F)(F)F)c1. The average molecular weight is 345 g/mol. The molecule has 0 aromatic heterocycles. The Morgan fingerprint density at radius 1 is 1.09 bits per heavy atom. The average Bonchev–Trinajstić information content (AvgIpc) is 2.48. The van der Waals surface area contributed by atoms with Crippen molar-refractivity contribution in [2.24, 2.45) is 0 Å². The molecule has 4 nitrogen and oxygen atoms in total. The van der Waals surface area contributed by atoms with Gasteiger partial charge in [-0.1, -0.05) is 23.8 Å². The third kappa shape index (κ3) is 3.76. The summed E-state index contributed by atoms with van der Waals surface area (Å²) in [5.41, 5.74) is -3.90. The van der Waals surface area contributed by atoms with E-state index < -0.39 is 15.5 Å². The van der Waals surface area contributed by atoms with Crippen molar-refractivity contribution in [3.8, 4) is 16.9 Å². The van der Waals surface area contributed by atoms with E-state index in [1.165, 1.54) is 19.2 Å². The molecule has 0 aliphatic rings. The predicted octanol–water partition coefficient (Wildman–Crippen LogP) is 3.93. The fraction of sp³-hybridized carbons (Fsp3) is 0.200. The molecule has 0 radical (unpaired) electrons. The van der Waals surface area contributed by atoms with Crippen LogP contribution in [-0.2, 0) is 10.0 Å². The second kappa shape index (κ2) is 6.11. The summed E-state index contributed by atoms with van der Waals surface area (Å²) in [4.78, 5) is 0. The van der Waals surface area contributed by atoms with Gasteiger partial charge in [0.25, 0.3) is 0 Å². The molecule has 0 unspecified atom stereocenters. The third-order valence-electron chi connectivity index (χ3n) is 3.10. The van der Waals surface area contributed by atoms with E-state index in [2.05, 4.69) is 0 Å². The number of aryl methyl sites for hydroxylation is 1. The fourth-order valence-corrected chi connectivity index (χ4v) is 2.56. The van der Waals surface area contributed by atoms with Gasteiger partial charge in [-0.25, -0.2) is 0 Å². The minimum atomic E-state index is -5.49. The molecular formula is C15H14F3NO3S. The summed E-state index contributed by atoms with van der Waals surface area (Å²) in [7, 11) is -4.03. The zero-order valence-electron chi connectivity index (χ0n) is 12.3. The van der Waals surface area contributed by atoms with Crippen molar-refractivity contribution >= 4 is 15.7 Å². The Kier molecular flexibility index (Phi) is 4.56. The number of benzene rings is 2. The van der Waals surface area contributed by atoms with Gasteiger partial charge < -0.3 is 4.74 Å². The first-order chi connectivity index (χ1) is 10.6. The molecule has 1 N–H and O–H groups in total. The van der Waals surface area contributed by atoms with Gasteiger partial charge in [0.15, 0.2) is 0 Å². The van der Waals surface area contributed by atoms with Crippen LogP contribution in [0, 0.1) is 6.92 Å². The first-order valence-corrected chi connectivity index (χ1v) is 7.96. The van der Waals surface area contributed by atoms with E-state index in [1.807, 2.05) is 0 Å². The predicted molar refractivity (Wildman–Crippen MR) is 81.8 cm³/mol. The molecule has 23 heavy (non-hydrogen) atoms. The maximum Gasteiger partial charge on any atom is 0.516 e. The highest BCUT2D eigenvalue weighted by Crippen LogP contribution is 2.34. The molecule has 2 aromatic rings. The summed E-state index contributed by atoms with van der Waals surface area (Å²) in [6, 6.07) is 11.0. The number of rotatable bonds is 4. The first kappa shape index (κ1) is 17.1. The second-order valence-electron chi connectivity index (χ2n) is 4.83. The van der Waals surface area contributed by atoms with Crippen molar-refractivity contribution in [1.29, 1.82) is 0 Å². The van der Waals surface area contributed by atoms with Gasteiger partial charge in [0.05, 0.1) is 12.8 Å². The molecule has 0 saturated heterocycles. The number of hydrogen-bond donors (Lipinski definition) is 1. The lowest BCUT2D eigenvalue weighted by atomic mass is 10.0. The van der Waals surface area contributed by atoms with Crippen LogP contribution in [-0.4, -0.2) is 21.0 Å². The van der Waals surface area contributed by atoms with Crippen LogP contribution >= 0.6 is 0 Å². The highest BCUT2D eigenvalue weighted by Gasteiger charge is 2.46. The van der Waals surface area contributed by atoms with Crippen LogP contribution in [0.5, 0.6) is 5.75 Å². The van der Waals surface area contributed by atoms with Gasteiger partial charge in [-0.15, -0.1) is 0 Å². The molecule has 2 rings (SSSR count). The molecule has 0 aliphatic carbocycles. The highest BCUT2D eigenvalue weighted by atomic mass is 32.2. The molecule has 0 bridgehead atoms. The van der Waals surface area contributed by atoms with Crippen molar-refractivity contribution in [2.45, 2.75) is 12.4 Å². The summed E-state index contributed by atoms with van der Waals surface area (Å²) in [6.45, 7) is 1.76. The molecule has 0 fully saturated rings. The largest absolute Gasteiger partial charge is 0.516 e. The molecule has 0 aliphatic heterocycles. The Balaban J connectivity index is 2.54. The van der Waals surface area contributed by atoms with Gasteiger partial charge in [0.1, 0.15) is 5.75 Å². The number of nitrogens with one attached hydrogen (secondary N) is 1. The van der Waals surface area contributed by atoms with Gasteiger partial charge in [0, 0.05) is 5.56 Å². The molecule has 2 aromatic carbocycles. The van der Waals surface area contributed by atoms with E-state index in [-0.39, 0.29) is 5.69 Å². The maximum absolute atomic E-state index is 12.6. The molecule has 8 heteroatoms. The Labute approximate surface area is 132 Å². The number of halogens is 3. The van der Waals surface area contributed by atoms with Crippen molar-refractivity contribution in [3.63, 3.8) is 0 Å². The van der Waals surface area contributed by atoms with Crippen molar-refractivity contribution in [3.05, 3.63) is 48.0 Å². The summed E-state index contributed by atoms with van der Waals surface area (Å²) in [5, 5.41) is 0. The second-order valence-corrected chi connectivity index (χ2v) is 6.51. The molecular weight excluding hydrogens is 331 g/mol.